The molecule has 3 aromatic rings. The Hall–Kier alpha value is -1.49. The number of nitrogens with one attached hydrogen (secondary N) is 1. The molecule has 0 atom stereocenters. The Morgan fingerprint density at radius 3 is 2.81 bits per heavy atom. The van der Waals surface area contributed by atoms with Crippen molar-refractivity contribution in [3.8, 4) is 10.4 Å². The molecular formula is C15H12Cl2N2OS. The summed E-state index contributed by atoms with van der Waals surface area (Å²) < 4.78 is 6.70. The number of nitrogens with zero attached hydrogens (tertiary/aromatic N) is 1. The summed E-state index contributed by atoms with van der Waals surface area (Å²) in [7, 11) is 0. The minimum atomic E-state index is 0. The van der Waals surface area contributed by atoms with Gasteiger partial charge in [-0.2, -0.15) is 0 Å². The van der Waals surface area contributed by atoms with Gasteiger partial charge in [0.25, 0.3) is 0 Å². The molecule has 1 aliphatic rings. The molecule has 3 nitrogen and oxygen atoms in total. The summed E-state index contributed by atoms with van der Waals surface area (Å²) in [6, 6.07) is 12.2. The lowest BCUT2D eigenvalue weighted by molar-refractivity contribution is 0.602. The van der Waals surface area contributed by atoms with E-state index in [2.05, 4.69) is 28.5 Å². The second-order valence-electron chi connectivity index (χ2n) is 4.62. The van der Waals surface area contributed by atoms with Gasteiger partial charge in [0.1, 0.15) is 5.58 Å². The molecule has 0 bridgehead atoms. The number of amidine groups is 1. The zero-order chi connectivity index (χ0) is 13.5. The van der Waals surface area contributed by atoms with E-state index in [1.165, 1.54) is 0 Å². The van der Waals surface area contributed by atoms with Gasteiger partial charge in [-0.15, -0.1) is 23.7 Å². The Morgan fingerprint density at radius 1 is 1.19 bits per heavy atom. The van der Waals surface area contributed by atoms with Crippen LogP contribution in [0.1, 0.15) is 5.76 Å². The van der Waals surface area contributed by atoms with Gasteiger partial charge in [0.05, 0.1) is 10.9 Å². The monoisotopic (exact) mass is 338 g/mol. The number of hydrogen-bond donors (Lipinski definition) is 1. The molecule has 0 radical (unpaired) electrons. The Morgan fingerprint density at radius 2 is 2.10 bits per heavy atom. The molecule has 0 fully saturated rings. The standard InChI is InChI=1S/C15H11ClN2OS.ClH/c16-14-4-3-13(20-14)10-2-1-9-7-12(19-11(9)8-10)15-17-5-6-18-15;/h1-4,7-8H,5-6H2,(H,17,18);1H. The fourth-order valence-corrected chi connectivity index (χ4v) is 3.37. The van der Waals surface area contributed by atoms with Crippen LogP contribution < -0.4 is 5.32 Å². The zero-order valence-electron chi connectivity index (χ0n) is 10.9. The summed E-state index contributed by atoms with van der Waals surface area (Å²) in [4.78, 5) is 5.53. The maximum Gasteiger partial charge on any atom is 0.170 e. The predicted molar refractivity (Wildman–Crippen MR) is 91.2 cm³/mol. The Labute approximate surface area is 137 Å². The van der Waals surface area contributed by atoms with Crippen LogP contribution in [0.2, 0.25) is 4.34 Å². The van der Waals surface area contributed by atoms with Gasteiger partial charge in [0, 0.05) is 16.8 Å². The number of hydrogen-bond acceptors (Lipinski definition) is 4. The Kier molecular flexibility index (Phi) is 3.93. The second kappa shape index (κ2) is 5.72. The minimum absolute atomic E-state index is 0. The van der Waals surface area contributed by atoms with E-state index >= 15 is 0 Å². The third-order valence-corrected chi connectivity index (χ3v) is 4.57. The minimum Gasteiger partial charge on any atom is -0.453 e. The highest BCUT2D eigenvalue weighted by Gasteiger charge is 2.14. The number of thiophene rings is 1. The van der Waals surface area contributed by atoms with Gasteiger partial charge in [-0.25, -0.2) is 0 Å². The van der Waals surface area contributed by atoms with E-state index in [4.69, 9.17) is 16.0 Å². The van der Waals surface area contributed by atoms with E-state index in [0.717, 1.165) is 50.4 Å². The predicted octanol–water partition coefficient (Wildman–Crippen LogP) is 4.59. The Balaban J connectivity index is 0.00000132. The molecule has 1 aliphatic heterocycles. The van der Waals surface area contributed by atoms with Crippen LogP contribution in [0.3, 0.4) is 0 Å². The third kappa shape index (κ3) is 2.67. The molecule has 6 heteroatoms. The SMILES string of the molecule is Cl.Clc1ccc(-c2ccc3cc(C4=NCCN4)oc3c2)s1. The van der Waals surface area contributed by atoms with Crippen LogP contribution in [-0.4, -0.2) is 18.9 Å². The van der Waals surface area contributed by atoms with Gasteiger partial charge in [-0.3, -0.25) is 4.99 Å². The van der Waals surface area contributed by atoms with Crippen molar-refractivity contribution in [3.05, 3.63) is 46.5 Å². The number of benzene rings is 1. The van der Waals surface area contributed by atoms with Gasteiger partial charge in [-0.05, 0) is 29.8 Å². The first-order valence-corrected chi connectivity index (χ1v) is 7.57. The molecule has 0 saturated heterocycles. The molecule has 1 N–H and O–H groups in total. The molecule has 0 spiro atoms. The van der Waals surface area contributed by atoms with E-state index in [1.807, 2.05) is 18.2 Å². The first kappa shape index (κ1) is 14.4. The van der Waals surface area contributed by atoms with Crippen molar-refractivity contribution in [1.82, 2.24) is 5.32 Å². The van der Waals surface area contributed by atoms with Crippen molar-refractivity contribution < 1.29 is 4.42 Å². The fourth-order valence-electron chi connectivity index (χ4n) is 2.33. The van der Waals surface area contributed by atoms with Crippen LogP contribution in [0.5, 0.6) is 0 Å². The molecule has 21 heavy (non-hydrogen) atoms. The number of rotatable bonds is 2. The summed E-state index contributed by atoms with van der Waals surface area (Å²) >= 11 is 7.56. The van der Waals surface area contributed by atoms with Gasteiger partial charge in [0.15, 0.2) is 11.6 Å². The number of aliphatic imine (C=N–C) groups is 1. The number of furan rings is 1. The van der Waals surface area contributed by atoms with Crippen molar-refractivity contribution in [2.24, 2.45) is 4.99 Å². The van der Waals surface area contributed by atoms with Crippen molar-refractivity contribution in [3.63, 3.8) is 0 Å². The first-order chi connectivity index (χ1) is 9.79. The molecule has 0 saturated carbocycles. The van der Waals surface area contributed by atoms with Crippen LogP contribution in [0.4, 0.5) is 0 Å². The van der Waals surface area contributed by atoms with E-state index in [9.17, 15) is 0 Å². The largest absolute Gasteiger partial charge is 0.453 e. The van der Waals surface area contributed by atoms with Crippen molar-refractivity contribution in [2.45, 2.75) is 0 Å². The molecule has 2 aromatic heterocycles. The first-order valence-electron chi connectivity index (χ1n) is 6.37. The van der Waals surface area contributed by atoms with Gasteiger partial charge < -0.3 is 9.73 Å². The topological polar surface area (TPSA) is 37.5 Å². The molecule has 3 heterocycles. The van der Waals surface area contributed by atoms with Gasteiger partial charge in [-0.1, -0.05) is 23.7 Å². The maximum atomic E-state index is 5.99. The number of fused-ring (bicyclic) bond motifs is 1. The summed E-state index contributed by atoms with van der Waals surface area (Å²) in [5.41, 5.74) is 2.00. The van der Waals surface area contributed by atoms with Crippen LogP contribution in [0.25, 0.3) is 21.4 Å². The summed E-state index contributed by atoms with van der Waals surface area (Å²) in [5, 5.41) is 4.31. The lowest BCUT2D eigenvalue weighted by atomic mass is 10.1. The molecule has 1 aromatic carbocycles. The normalized spacial score (nSPS) is 13.9. The smallest absolute Gasteiger partial charge is 0.170 e. The quantitative estimate of drug-likeness (QED) is 0.742. The van der Waals surface area contributed by atoms with Crippen LogP contribution in [0.15, 0.2) is 45.8 Å². The molecule has 0 aliphatic carbocycles. The average molecular weight is 339 g/mol. The molecule has 108 valence electrons. The zero-order valence-corrected chi connectivity index (χ0v) is 13.3. The second-order valence-corrected chi connectivity index (χ2v) is 6.34. The van der Waals surface area contributed by atoms with Crippen LogP contribution in [0, 0.1) is 0 Å². The molecular weight excluding hydrogens is 327 g/mol. The highest BCUT2D eigenvalue weighted by molar-refractivity contribution is 7.19. The van der Waals surface area contributed by atoms with E-state index in [-0.39, 0.29) is 12.4 Å². The lowest BCUT2D eigenvalue weighted by Gasteiger charge is -1.97. The molecule has 4 rings (SSSR count). The Bertz CT molecular complexity index is 822. The van der Waals surface area contributed by atoms with E-state index in [1.54, 1.807) is 11.3 Å². The van der Waals surface area contributed by atoms with Gasteiger partial charge >= 0.3 is 0 Å². The molecule has 0 amide bonds. The van der Waals surface area contributed by atoms with Crippen molar-refractivity contribution in [2.75, 3.05) is 13.1 Å². The van der Waals surface area contributed by atoms with E-state index < -0.39 is 0 Å². The highest BCUT2D eigenvalue weighted by atomic mass is 35.5. The van der Waals surface area contributed by atoms with Crippen molar-refractivity contribution in [1.29, 1.82) is 0 Å². The summed E-state index contributed by atoms with van der Waals surface area (Å²) in [6.07, 6.45) is 0. The number of halogens is 2. The maximum absolute atomic E-state index is 5.99. The highest BCUT2D eigenvalue weighted by Crippen LogP contribution is 2.33. The van der Waals surface area contributed by atoms with E-state index in [0.29, 0.717) is 0 Å². The van der Waals surface area contributed by atoms with Crippen LogP contribution in [-0.2, 0) is 0 Å². The summed E-state index contributed by atoms with van der Waals surface area (Å²) in [5.74, 6) is 1.65. The lowest BCUT2D eigenvalue weighted by Crippen LogP contribution is -2.18. The average Bonchev–Trinajstić information content (AvgIpc) is 3.17. The van der Waals surface area contributed by atoms with Crippen molar-refractivity contribution >= 4 is 52.1 Å². The van der Waals surface area contributed by atoms with Crippen LogP contribution >= 0.6 is 35.3 Å². The summed E-state index contributed by atoms with van der Waals surface area (Å²) in [6.45, 7) is 1.69. The fraction of sp³-hybridized carbons (Fsp3) is 0.133. The van der Waals surface area contributed by atoms with Gasteiger partial charge in [0.2, 0.25) is 0 Å². The third-order valence-electron chi connectivity index (χ3n) is 3.29. The molecule has 0 unspecified atom stereocenters.